The van der Waals surface area contributed by atoms with E-state index in [0.717, 1.165) is 25.9 Å². The highest BCUT2D eigenvalue weighted by Crippen LogP contribution is 1.97. The molecule has 1 rings (SSSR count). The fourth-order valence-electron chi connectivity index (χ4n) is 1.22. The maximum absolute atomic E-state index is 9.00. The molecule has 1 aromatic heterocycles. The number of hydrogen-bond acceptors (Lipinski definition) is 2. The van der Waals surface area contributed by atoms with Crippen LogP contribution in [0.3, 0.4) is 0 Å². The molecule has 0 aliphatic carbocycles. The van der Waals surface area contributed by atoms with Gasteiger partial charge in [-0.05, 0) is 37.9 Å². The van der Waals surface area contributed by atoms with E-state index in [1.807, 2.05) is 19.3 Å². The minimum Gasteiger partial charge on any atom is -0.393 e. The fraction of sp³-hybridized carbons (Fsp3) is 0.600. The summed E-state index contributed by atoms with van der Waals surface area (Å²) in [5, 5.41) is 12.3. The Bertz CT molecular complexity index is 207. The van der Waals surface area contributed by atoms with Crippen LogP contribution in [0.5, 0.6) is 0 Å². The number of nitrogens with one attached hydrogen (secondary N) is 2. The van der Waals surface area contributed by atoms with Crippen LogP contribution in [0.15, 0.2) is 18.5 Å². The number of aromatic nitrogens is 1. The van der Waals surface area contributed by atoms with Crippen molar-refractivity contribution in [3.05, 3.63) is 24.0 Å². The van der Waals surface area contributed by atoms with Crippen LogP contribution >= 0.6 is 0 Å². The van der Waals surface area contributed by atoms with Gasteiger partial charge in [-0.1, -0.05) is 0 Å². The maximum Gasteiger partial charge on any atom is 0.0512 e. The van der Waals surface area contributed by atoms with Crippen molar-refractivity contribution in [2.45, 2.75) is 32.4 Å². The van der Waals surface area contributed by atoms with E-state index in [9.17, 15) is 0 Å². The van der Waals surface area contributed by atoms with Gasteiger partial charge in [0.2, 0.25) is 0 Å². The molecule has 0 amide bonds. The monoisotopic (exact) mass is 182 g/mol. The largest absolute Gasteiger partial charge is 0.393 e. The molecule has 1 heterocycles. The molecule has 0 fully saturated rings. The predicted octanol–water partition coefficient (Wildman–Crippen LogP) is 1.27. The highest BCUT2D eigenvalue weighted by Gasteiger charge is 1.95. The second-order valence-corrected chi connectivity index (χ2v) is 3.39. The van der Waals surface area contributed by atoms with E-state index >= 15 is 0 Å². The van der Waals surface area contributed by atoms with E-state index in [1.165, 1.54) is 5.56 Å². The molecular formula is C10H18N2O. The van der Waals surface area contributed by atoms with Crippen LogP contribution in [-0.4, -0.2) is 22.7 Å². The first-order chi connectivity index (χ1) is 6.29. The lowest BCUT2D eigenvalue weighted by Gasteiger charge is -2.04. The van der Waals surface area contributed by atoms with Crippen molar-refractivity contribution in [3.63, 3.8) is 0 Å². The Hall–Kier alpha value is -0.800. The predicted molar refractivity (Wildman–Crippen MR) is 53.4 cm³/mol. The number of H-pyrrole nitrogens is 1. The Morgan fingerprint density at radius 3 is 3.08 bits per heavy atom. The van der Waals surface area contributed by atoms with Gasteiger partial charge in [0.1, 0.15) is 0 Å². The van der Waals surface area contributed by atoms with Crippen molar-refractivity contribution in [1.82, 2.24) is 10.3 Å². The minimum absolute atomic E-state index is 0.172. The third-order valence-corrected chi connectivity index (χ3v) is 1.97. The first-order valence-electron chi connectivity index (χ1n) is 4.79. The van der Waals surface area contributed by atoms with Gasteiger partial charge in [0.15, 0.2) is 0 Å². The standard InChI is InChI=1S/C10H18N2O/c1-9(13)3-2-5-11-7-10-4-6-12-8-10/h4,6,8-9,11-13H,2-3,5,7H2,1H3. The maximum atomic E-state index is 9.00. The van der Waals surface area contributed by atoms with Crippen LogP contribution in [0.1, 0.15) is 25.3 Å². The van der Waals surface area contributed by atoms with E-state index in [-0.39, 0.29) is 6.10 Å². The summed E-state index contributed by atoms with van der Waals surface area (Å²) in [7, 11) is 0. The molecule has 13 heavy (non-hydrogen) atoms. The molecular weight excluding hydrogens is 164 g/mol. The van der Waals surface area contributed by atoms with Gasteiger partial charge < -0.3 is 15.4 Å². The van der Waals surface area contributed by atoms with Gasteiger partial charge in [0, 0.05) is 18.9 Å². The van der Waals surface area contributed by atoms with Crippen molar-refractivity contribution in [2.24, 2.45) is 0 Å². The molecule has 3 N–H and O–H groups in total. The molecule has 0 saturated heterocycles. The first-order valence-corrected chi connectivity index (χ1v) is 4.79. The summed E-state index contributed by atoms with van der Waals surface area (Å²) in [6.07, 6.45) is 5.64. The molecule has 1 aromatic rings. The zero-order valence-corrected chi connectivity index (χ0v) is 8.09. The van der Waals surface area contributed by atoms with Crippen LogP contribution in [0.2, 0.25) is 0 Å². The quantitative estimate of drug-likeness (QED) is 0.580. The summed E-state index contributed by atoms with van der Waals surface area (Å²) in [6.45, 7) is 3.70. The highest BCUT2D eigenvalue weighted by molar-refractivity contribution is 5.07. The normalized spacial score (nSPS) is 13.1. The van der Waals surface area contributed by atoms with E-state index in [4.69, 9.17) is 5.11 Å². The van der Waals surface area contributed by atoms with Crippen molar-refractivity contribution >= 4 is 0 Å². The zero-order chi connectivity index (χ0) is 9.52. The fourth-order valence-corrected chi connectivity index (χ4v) is 1.22. The van der Waals surface area contributed by atoms with E-state index in [2.05, 4.69) is 16.4 Å². The average Bonchev–Trinajstić information content (AvgIpc) is 2.55. The van der Waals surface area contributed by atoms with Crippen LogP contribution in [0.25, 0.3) is 0 Å². The Balaban J connectivity index is 1.96. The second-order valence-electron chi connectivity index (χ2n) is 3.39. The van der Waals surface area contributed by atoms with E-state index < -0.39 is 0 Å². The van der Waals surface area contributed by atoms with Crippen molar-refractivity contribution < 1.29 is 5.11 Å². The summed E-state index contributed by atoms with van der Waals surface area (Å²) in [4.78, 5) is 3.01. The molecule has 0 spiro atoms. The van der Waals surface area contributed by atoms with Crippen molar-refractivity contribution in [3.8, 4) is 0 Å². The lowest BCUT2D eigenvalue weighted by atomic mass is 10.2. The van der Waals surface area contributed by atoms with Crippen molar-refractivity contribution in [1.29, 1.82) is 0 Å². The molecule has 74 valence electrons. The Morgan fingerprint density at radius 1 is 1.62 bits per heavy atom. The SMILES string of the molecule is CC(O)CCCNCc1cc[nH]c1. The Kier molecular flexibility index (Phi) is 4.57. The number of aliphatic hydroxyl groups is 1. The van der Waals surface area contributed by atoms with Gasteiger partial charge in [0.05, 0.1) is 6.10 Å². The van der Waals surface area contributed by atoms with Gasteiger partial charge in [-0.25, -0.2) is 0 Å². The van der Waals surface area contributed by atoms with Crippen molar-refractivity contribution in [2.75, 3.05) is 6.54 Å². The number of rotatable bonds is 6. The lowest BCUT2D eigenvalue weighted by Crippen LogP contribution is -2.15. The molecule has 3 heteroatoms. The molecule has 1 atom stereocenters. The Morgan fingerprint density at radius 2 is 2.46 bits per heavy atom. The minimum atomic E-state index is -0.172. The molecule has 0 radical (unpaired) electrons. The summed E-state index contributed by atoms with van der Waals surface area (Å²) in [6, 6.07) is 2.06. The molecule has 0 bridgehead atoms. The van der Waals surface area contributed by atoms with Crippen LogP contribution in [-0.2, 0) is 6.54 Å². The number of aromatic amines is 1. The van der Waals surface area contributed by atoms with E-state index in [0.29, 0.717) is 0 Å². The highest BCUT2D eigenvalue weighted by atomic mass is 16.3. The smallest absolute Gasteiger partial charge is 0.0512 e. The second kappa shape index (κ2) is 5.78. The number of aliphatic hydroxyl groups excluding tert-OH is 1. The first kappa shape index (κ1) is 10.3. The summed E-state index contributed by atoms with van der Waals surface area (Å²) < 4.78 is 0. The molecule has 0 saturated carbocycles. The van der Waals surface area contributed by atoms with Gasteiger partial charge in [-0.15, -0.1) is 0 Å². The summed E-state index contributed by atoms with van der Waals surface area (Å²) in [5.41, 5.74) is 1.28. The molecule has 1 unspecified atom stereocenters. The van der Waals surface area contributed by atoms with Gasteiger partial charge in [0.25, 0.3) is 0 Å². The topological polar surface area (TPSA) is 48.0 Å². The van der Waals surface area contributed by atoms with Gasteiger partial charge >= 0.3 is 0 Å². The molecule has 0 aliphatic heterocycles. The summed E-state index contributed by atoms with van der Waals surface area (Å²) >= 11 is 0. The molecule has 0 aliphatic rings. The summed E-state index contributed by atoms with van der Waals surface area (Å²) in [5.74, 6) is 0. The van der Waals surface area contributed by atoms with Crippen LogP contribution < -0.4 is 5.32 Å². The molecule has 3 nitrogen and oxygen atoms in total. The van der Waals surface area contributed by atoms with Crippen LogP contribution in [0.4, 0.5) is 0 Å². The number of hydrogen-bond donors (Lipinski definition) is 3. The average molecular weight is 182 g/mol. The Labute approximate surface area is 79.2 Å². The van der Waals surface area contributed by atoms with Crippen LogP contribution in [0, 0.1) is 0 Å². The molecule has 0 aromatic carbocycles. The third kappa shape index (κ3) is 4.70. The van der Waals surface area contributed by atoms with Gasteiger partial charge in [-0.3, -0.25) is 0 Å². The third-order valence-electron chi connectivity index (χ3n) is 1.97. The van der Waals surface area contributed by atoms with E-state index in [1.54, 1.807) is 0 Å². The lowest BCUT2D eigenvalue weighted by molar-refractivity contribution is 0.181. The van der Waals surface area contributed by atoms with Gasteiger partial charge in [-0.2, -0.15) is 0 Å². The zero-order valence-electron chi connectivity index (χ0n) is 8.09.